The number of hydrogen-bond acceptors (Lipinski definition) is 5. The van der Waals surface area contributed by atoms with Crippen LogP contribution >= 0.6 is 0 Å². The Morgan fingerprint density at radius 2 is 1.67 bits per heavy atom. The third-order valence-electron chi connectivity index (χ3n) is 7.64. The largest absolute Gasteiger partial charge is 0.492 e. The maximum Gasteiger partial charge on any atom is 0.243 e. The second kappa shape index (κ2) is 16.2. The van der Waals surface area contributed by atoms with Crippen molar-refractivity contribution in [2.45, 2.75) is 90.9 Å². The van der Waals surface area contributed by atoms with E-state index in [9.17, 15) is 18.8 Å². The van der Waals surface area contributed by atoms with Crippen LogP contribution < -0.4 is 26.0 Å². The number of aryl methyl sites for hydroxylation is 1. The average molecular weight is 583 g/mol. The van der Waals surface area contributed by atoms with Crippen LogP contribution in [0.3, 0.4) is 0 Å². The van der Waals surface area contributed by atoms with Gasteiger partial charge in [0.1, 0.15) is 30.3 Å². The van der Waals surface area contributed by atoms with Crippen LogP contribution in [0.1, 0.15) is 65.0 Å². The quantitative estimate of drug-likeness (QED) is 0.413. The Hall–Kier alpha value is -3.46. The predicted octanol–water partition coefficient (Wildman–Crippen LogP) is 3.92. The molecule has 2 aromatic rings. The van der Waals surface area contributed by atoms with Gasteiger partial charge < -0.3 is 20.7 Å². The maximum atomic E-state index is 14.1. The number of amides is 3. The first-order valence-corrected chi connectivity index (χ1v) is 15.2. The molecule has 0 aromatic heterocycles. The summed E-state index contributed by atoms with van der Waals surface area (Å²) >= 11 is 0. The number of carbonyl (C=O) groups is 3. The van der Waals surface area contributed by atoms with Gasteiger partial charge in [0.2, 0.25) is 17.7 Å². The Labute approximate surface area is 249 Å². The van der Waals surface area contributed by atoms with Gasteiger partial charge >= 0.3 is 0 Å². The molecule has 4 atom stereocenters. The minimum Gasteiger partial charge on any atom is -0.492 e. The number of carbonyl (C=O) groups excluding carboxylic acids is 3. The lowest BCUT2D eigenvalue weighted by Crippen LogP contribution is -2.59. The summed E-state index contributed by atoms with van der Waals surface area (Å²) in [7, 11) is 0. The molecule has 1 aliphatic heterocycles. The predicted molar refractivity (Wildman–Crippen MR) is 163 cm³/mol. The van der Waals surface area contributed by atoms with E-state index < -0.39 is 24.0 Å². The molecule has 0 unspecified atom stereocenters. The first-order chi connectivity index (χ1) is 20.1. The van der Waals surface area contributed by atoms with E-state index in [1.807, 2.05) is 45.0 Å². The van der Waals surface area contributed by atoms with E-state index >= 15 is 0 Å². The number of ether oxygens (including phenoxy) is 1. The summed E-state index contributed by atoms with van der Waals surface area (Å²) in [5.41, 5.74) is 1.69. The zero-order chi connectivity index (χ0) is 30.6. The Kier molecular flexibility index (Phi) is 12.8. The first kappa shape index (κ1) is 33.0. The molecule has 0 spiro atoms. The van der Waals surface area contributed by atoms with Crippen molar-refractivity contribution in [3.05, 3.63) is 65.5 Å². The van der Waals surface area contributed by atoms with Crippen molar-refractivity contribution >= 4 is 17.7 Å². The Bertz CT molecular complexity index is 1190. The molecule has 0 aliphatic carbocycles. The van der Waals surface area contributed by atoms with Crippen molar-refractivity contribution in [1.82, 2.24) is 21.3 Å². The van der Waals surface area contributed by atoms with Crippen molar-refractivity contribution in [3.63, 3.8) is 0 Å². The monoisotopic (exact) mass is 582 g/mol. The van der Waals surface area contributed by atoms with Crippen LogP contribution in [-0.2, 0) is 27.2 Å². The van der Waals surface area contributed by atoms with Crippen molar-refractivity contribution < 1.29 is 23.5 Å². The Balaban J connectivity index is 1.96. The third kappa shape index (κ3) is 9.82. The topological polar surface area (TPSA) is 109 Å². The molecule has 4 N–H and O–H groups in total. The van der Waals surface area contributed by atoms with Crippen molar-refractivity contribution in [2.75, 3.05) is 13.2 Å². The lowest BCUT2D eigenvalue weighted by Gasteiger charge is -2.31. The number of halogens is 1. The molecule has 2 aromatic carbocycles. The summed E-state index contributed by atoms with van der Waals surface area (Å²) in [4.78, 5) is 40.3. The fourth-order valence-corrected chi connectivity index (χ4v) is 5.07. The van der Waals surface area contributed by atoms with Crippen molar-refractivity contribution in [3.8, 4) is 5.75 Å². The molecule has 8 nitrogen and oxygen atoms in total. The SMILES string of the molecule is CCC[C@@H]1NC(=O)[C@@H](C(C)C)NC(=O)[C@@H](Cc2cccc(F)c2)N[C@@H](C(C)C)COc2ccccc2CCCNC1=O. The van der Waals surface area contributed by atoms with Gasteiger partial charge in [-0.1, -0.05) is 71.4 Å². The number of hydrogen-bond donors (Lipinski definition) is 4. The van der Waals surface area contributed by atoms with Gasteiger partial charge in [0, 0.05) is 12.6 Å². The Morgan fingerprint density at radius 1 is 0.905 bits per heavy atom. The molecule has 0 saturated heterocycles. The van der Waals surface area contributed by atoms with Crippen LogP contribution in [0.5, 0.6) is 5.75 Å². The molecule has 42 heavy (non-hydrogen) atoms. The molecular formula is C33H47FN4O4. The van der Waals surface area contributed by atoms with Gasteiger partial charge in [0.25, 0.3) is 0 Å². The van der Waals surface area contributed by atoms with Crippen LogP contribution in [0.4, 0.5) is 4.39 Å². The summed E-state index contributed by atoms with van der Waals surface area (Å²) < 4.78 is 20.4. The summed E-state index contributed by atoms with van der Waals surface area (Å²) in [5.74, 6) is -0.769. The number of fused-ring (bicyclic) bond motifs is 1. The second-order valence-electron chi connectivity index (χ2n) is 11.8. The summed E-state index contributed by atoms with van der Waals surface area (Å²) in [5, 5.41) is 12.2. The van der Waals surface area contributed by atoms with Crippen LogP contribution in [0, 0.1) is 17.7 Å². The van der Waals surface area contributed by atoms with Gasteiger partial charge in [-0.05, 0) is 66.8 Å². The van der Waals surface area contributed by atoms with E-state index in [0.29, 0.717) is 44.4 Å². The van der Waals surface area contributed by atoms with E-state index in [0.717, 1.165) is 11.3 Å². The molecule has 3 amide bonds. The van der Waals surface area contributed by atoms with E-state index in [2.05, 4.69) is 35.1 Å². The van der Waals surface area contributed by atoms with Crippen LogP contribution in [0.25, 0.3) is 0 Å². The molecule has 0 fully saturated rings. The fourth-order valence-electron chi connectivity index (χ4n) is 5.07. The van der Waals surface area contributed by atoms with Gasteiger partial charge in [-0.3, -0.25) is 19.7 Å². The normalized spacial score (nSPS) is 23.2. The standard InChI is InChI=1S/C33H47FN4O4/c1-6-11-26-31(39)35-17-10-14-24-13-7-8-16-29(24)42-20-28(21(2)3)36-27(19-23-12-9-15-25(34)18-23)32(40)38-30(22(4)5)33(41)37-26/h7-9,12-13,15-16,18,21-22,26-28,30,36H,6,10-11,14,17,19-20H2,1-5H3,(H,35,39)(H,37,41)(H,38,40)/t26-,27+,28+,30+/m0/s1. The van der Waals surface area contributed by atoms with Crippen LogP contribution in [-0.4, -0.2) is 55.0 Å². The minimum atomic E-state index is -0.860. The van der Waals surface area contributed by atoms with Gasteiger partial charge in [-0.25, -0.2) is 4.39 Å². The molecule has 0 bridgehead atoms. The Morgan fingerprint density at radius 3 is 2.36 bits per heavy atom. The van der Waals surface area contributed by atoms with Gasteiger partial charge in [-0.2, -0.15) is 0 Å². The first-order valence-electron chi connectivity index (χ1n) is 15.2. The molecule has 9 heteroatoms. The molecule has 230 valence electrons. The van der Waals surface area contributed by atoms with E-state index in [1.54, 1.807) is 12.1 Å². The zero-order valence-electron chi connectivity index (χ0n) is 25.5. The highest BCUT2D eigenvalue weighted by Gasteiger charge is 2.32. The molecule has 0 radical (unpaired) electrons. The highest BCUT2D eigenvalue weighted by atomic mass is 19.1. The zero-order valence-corrected chi connectivity index (χ0v) is 25.5. The van der Waals surface area contributed by atoms with Crippen LogP contribution in [0.15, 0.2) is 48.5 Å². The van der Waals surface area contributed by atoms with Crippen molar-refractivity contribution in [2.24, 2.45) is 11.8 Å². The number of benzene rings is 2. The van der Waals surface area contributed by atoms with Crippen molar-refractivity contribution in [1.29, 1.82) is 0 Å². The number of rotatable bonds is 6. The molecule has 3 rings (SSSR count). The summed E-state index contributed by atoms with van der Waals surface area (Å²) in [6, 6.07) is 11.5. The van der Waals surface area contributed by atoms with Gasteiger partial charge in [0.05, 0.1) is 6.04 Å². The average Bonchev–Trinajstić information content (AvgIpc) is 2.94. The number of para-hydroxylation sites is 1. The fraction of sp³-hybridized carbons (Fsp3) is 0.545. The summed E-state index contributed by atoms with van der Waals surface area (Å²) in [6.45, 7) is 10.5. The summed E-state index contributed by atoms with van der Waals surface area (Å²) in [6.07, 6.45) is 2.83. The third-order valence-corrected chi connectivity index (χ3v) is 7.64. The number of nitrogens with one attached hydrogen (secondary N) is 4. The lowest BCUT2D eigenvalue weighted by molar-refractivity contribution is -0.133. The molecule has 1 heterocycles. The van der Waals surface area contributed by atoms with E-state index in [4.69, 9.17) is 4.74 Å². The molecular weight excluding hydrogens is 535 g/mol. The highest BCUT2D eigenvalue weighted by molar-refractivity contribution is 5.93. The highest BCUT2D eigenvalue weighted by Crippen LogP contribution is 2.21. The van der Waals surface area contributed by atoms with Gasteiger partial charge in [-0.15, -0.1) is 0 Å². The lowest BCUT2D eigenvalue weighted by atomic mass is 9.98. The smallest absolute Gasteiger partial charge is 0.243 e. The van der Waals surface area contributed by atoms with E-state index in [-0.39, 0.29) is 41.9 Å². The van der Waals surface area contributed by atoms with E-state index in [1.165, 1.54) is 12.1 Å². The minimum absolute atomic E-state index is 0.111. The molecule has 1 aliphatic rings. The maximum absolute atomic E-state index is 14.1. The van der Waals surface area contributed by atoms with Gasteiger partial charge in [0.15, 0.2) is 0 Å². The second-order valence-corrected chi connectivity index (χ2v) is 11.8. The van der Waals surface area contributed by atoms with Crippen LogP contribution in [0.2, 0.25) is 0 Å². The molecule has 0 saturated carbocycles.